The van der Waals surface area contributed by atoms with Gasteiger partial charge in [-0.15, -0.1) is 0 Å². The molecule has 0 aromatic heterocycles. The largest absolute Gasteiger partial charge is 0.454 e. The van der Waals surface area contributed by atoms with Crippen molar-refractivity contribution in [2.24, 2.45) is 0 Å². The Morgan fingerprint density at radius 2 is 1.95 bits per heavy atom. The van der Waals surface area contributed by atoms with Crippen LogP contribution in [-0.4, -0.2) is 35.5 Å². The van der Waals surface area contributed by atoms with Crippen LogP contribution in [-0.2, 0) is 16.0 Å². The normalized spacial score (nSPS) is 31.8. The van der Waals surface area contributed by atoms with Crippen LogP contribution in [0.3, 0.4) is 0 Å². The van der Waals surface area contributed by atoms with Gasteiger partial charge in [-0.25, -0.2) is 0 Å². The Morgan fingerprint density at radius 1 is 1.14 bits per heavy atom. The molecular weight excluding hydrogens is 282 g/mol. The number of fused-ring (bicyclic) bond motifs is 3. The van der Waals surface area contributed by atoms with Gasteiger partial charge < -0.3 is 14.4 Å². The fourth-order valence-electron chi connectivity index (χ4n) is 4.86. The molecule has 4 aliphatic rings. The van der Waals surface area contributed by atoms with Crippen molar-refractivity contribution >= 4 is 11.7 Å². The molecule has 5 rings (SSSR count). The van der Waals surface area contributed by atoms with E-state index in [1.54, 1.807) is 0 Å². The van der Waals surface area contributed by atoms with Crippen molar-refractivity contribution in [3.8, 4) is 11.5 Å². The van der Waals surface area contributed by atoms with Crippen LogP contribution in [0.1, 0.15) is 42.7 Å². The minimum atomic E-state index is -0.285. The summed E-state index contributed by atoms with van der Waals surface area (Å²) >= 11 is 0. The molecule has 0 radical (unpaired) electrons. The smallest absolute Gasteiger partial charge is 0.231 e. The predicted molar refractivity (Wildman–Crippen MR) is 76.9 cm³/mol. The zero-order valence-electron chi connectivity index (χ0n) is 12.3. The van der Waals surface area contributed by atoms with Crippen molar-refractivity contribution in [3.05, 3.63) is 23.3 Å². The fraction of sp³-hybridized carbons (Fsp3) is 0.529. The second kappa shape index (κ2) is 4.03. The first kappa shape index (κ1) is 12.5. The van der Waals surface area contributed by atoms with Gasteiger partial charge in [-0.2, -0.15) is 0 Å². The van der Waals surface area contributed by atoms with E-state index in [1.165, 1.54) is 11.1 Å². The molecule has 2 atom stereocenters. The maximum absolute atomic E-state index is 12.3. The summed E-state index contributed by atoms with van der Waals surface area (Å²) in [6.45, 7) is 0.965. The predicted octanol–water partition coefficient (Wildman–Crippen LogP) is 1.78. The Hall–Kier alpha value is -2.04. The van der Waals surface area contributed by atoms with Crippen LogP contribution in [0.15, 0.2) is 12.1 Å². The number of carbonyl (C=O) groups excluding carboxylic acids is 2. The maximum atomic E-state index is 12.3. The molecule has 1 amide bonds. The number of hydrogen-bond acceptors (Lipinski definition) is 4. The van der Waals surface area contributed by atoms with E-state index in [0.29, 0.717) is 25.8 Å². The molecule has 5 heteroatoms. The highest BCUT2D eigenvalue weighted by Crippen LogP contribution is 2.54. The van der Waals surface area contributed by atoms with Gasteiger partial charge in [0.05, 0.1) is 5.54 Å². The summed E-state index contributed by atoms with van der Waals surface area (Å²) in [5, 5.41) is 0. The summed E-state index contributed by atoms with van der Waals surface area (Å²) < 4.78 is 11.0. The topological polar surface area (TPSA) is 55.8 Å². The van der Waals surface area contributed by atoms with Crippen molar-refractivity contribution in [3.63, 3.8) is 0 Å². The minimum absolute atomic E-state index is 0.110. The van der Waals surface area contributed by atoms with Gasteiger partial charge in [-0.3, -0.25) is 9.59 Å². The Balaban J connectivity index is 1.70. The summed E-state index contributed by atoms with van der Waals surface area (Å²) in [5.74, 6) is 2.14. The number of Topliss-reactive ketones (excluding diaryl/α,β-unsaturated/α-hetero) is 1. The van der Waals surface area contributed by atoms with Crippen molar-refractivity contribution in [2.45, 2.75) is 43.6 Å². The Labute approximate surface area is 128 Å². The molecule has 0 unspecified atom stereocenters. The summed E-state index contributed by atoms with van der Waals surface area (Å²) in [4.78, 5) is 26.5. The maximum Gasteiger partial charge on any atom is 0.231 e. The van der Waals surface area contributed by atoms with Gasteiger partial charge in [0.15, 0.2) is 11.5 Å². The van der Waals surface area contributed by atoms with Crippen LogP contribution >= 0.6 is 0 Å². The molecule has 0 N–H and O–H groups in total. The summed E-state index contributed by atoms with van der Waals surface area (Å²) in [5.41, 5.74) is 2.10. The van der Waals surface area contributed by atoms with E-state index < -0.39 is 0 Å². The monoisotopic (exact) mass is 299 g/mol. The Kier molecular flexibility index (Phi) is 2.29. The molecule has 1 aromatic rings. The van der Waals surface area contributed by atoms with E-state index >= 15 is 0 Å². The molecule has 2 fully saturated rings. The standard InChI is InChI=1S/C17H17NO4/c19-11-6-13-12-7-15-14(21-9-22-15)5-10(12)2-4-18-16(20)1-3-17(13,18)8-11/h5,7,13H,1-4,6,8-9H2/t13-,17-/m1/s1. The van der Waals surface area contributed by atoms with Crippen LogP contribution in [0.4, 0.5) is 0 Å². The van der Waals surface area contributed by atoms with E-state index in [1.807, 2.05) is 11.0 Å². The third-order valence-electron chi connectivity index (χ3n) is 5.81. The van der Waals surface area contributed by atoms with Crippen LogP contribution in [0.25, 0.3) is 0 Å². The van der Waals surface area contributed by atoms with Crippen molar-refractivity contribution in [1.82, 2.24) is 4.90 Å². The lowest BCUT2D eigenvalue weighted by Gasteiger charge is -2.38. The molecule has 22 heavy (non-hydrogen) atoms. The third-order valence-corrected chi connectivity index (χ3v) is 5.81. The van der Waals surface area contributed by atoms with Gasteiger partial charge in [-0.05, 0) is 36.1 Å². The number of amides is 1. The summed E-state index contributed by atoms with van der Waals surface area (Å²) in [7, 11) is 0. The zero-order valence-corrected chi connectivity index (χ0v) is 12.3. The summed E-state index contributed by atoms with van der Waals surface area (Å²) in [6, 6.07) is 4.09. The zero-order chi connectivity index (χ0) is 14.9. The molecule has 114 valence electrons. The van der Waals surface area contributed by atoms with E-state index in [9.17, 15) is 9.59 Å². The molecule has 1 spiro atoms. The number of hydrogen-bond donors (Lipinski definition) is 0. The number of rotatable bonds is 0. The van der Waals surface area contributed by atoms with Crippen molar-refractivity contribution in [2.75, 3.05) is 13.3 Å². The second-order valence-corrected chi connectivity index (χ2v) is 6.78. The van der Waals surface area contributed by atoms with Crippen molar-refractivity contribution in [1.29, 1.82) is 0 Å². The van der Waals surface area contributed by atoms with Gasteiger partial charge in [0.1, 0.15) is 5.78 Å². The SMILES string of the molecule is O=C1C[C@@H]2c3cc4c(cc3CCN3C(=O)CC[C@@]23C1)OCO4. The Morgan fingerprint density at radius 3 is 2.82 bits per heavy atom. The molecule has 1 saturated carbocycles. The average molecular weight is 299 g/mol. The highest BCUT2D eigenvalue weighted by atomic mass is 16.7. The third kappa shape index (κ3) is 1.44. The highest BCUT2D eigenvalue weighted by molar-refractivity contribution is 5.89. The van der Waals surface area contributed by atoms with Crippen LogP contribution < -0.4 is 9.47 Å². The number of carbonyl (C=O) groups is 2. The molecule has 1 aromatic carbocycles. The Bertz CT molecular complexity index is 713. The van der Waals surface area contributed by atoms with Crippen LogP contribution in [0.2, 0.25) is 0 Å². The van der Waals surface area contributed by atoms with Gasteiger partial charge in [-0.1, -0.05) is 0 Å². The van der Waals surface area contributed by atoms with Gasteiger partial charge in [0.2, 0.25) is 12.7 Å². The number of nitrogens with zero attached hydrogens (tertiary/aromatic N) is 1. The lowest BCUT2D eigenvalue weighted by Crippen LogP contribution is -2.47. The lowest BCUT2D eigenvalue weighted by molar-refractivity contribution is -0.131. The van der Waals surface area contributed by atoms with E-state index in [0.717, 1.165) is 24.3 Å². The van der Waals surface area contributed by atoms with E-state index in [2.05, 4.69) is 6.07 Å². The van der Waals surface area contributed by atoms with Crippen molar-refractivity contribution < 1.29 is 19.1 Å². The van der Waals surface area contributed by atoms with Gasteiger partial charge in [0, 0.05) is 31.7 Å². The molecule has 3 aliphatic heterocycles. The number of ketones is 1. The van der Waals surface area contributed by atoms with E-state index in [-0.39, 0.29) is 29.9 Å². The lowest BCUT2D eigenvalue weighted by atomic mass is 9.79. The first-order chi connectivity index (χ1) is 10.7. The van der Waals surface area contributed by atoms with Gasteiger partial charge in [0.25, 0.3) is 0 Å². The highest BCUT2D eigenvalue weighted by Gasteiger charge is 2.57. The summed E-state index contributed by atoms with van der Waals surface area (Å²) in [6.07, 6.45) is 3.25. The molecule has 0 bridgehead atoms. The second-order valence-electron chi connectivity index (χ2n) is 6.78. The molecule has 1 saturated heterocycles. The van der Waals surface area contributed by atoms with E-state index in [4.69, 9.17) is 9.47 Å². The number of ether oxygens (including phenoxy) is 2. The fourth-order valence-corrected chi connectivity index (χ4v) is 4.86. The molecule has 1 aliphatic carbocycles. The number of benzene rings is 1. The molecule has 3 heterocycles. The quantitative estimate of drug-likeness (QED) is 0.733. The molecular formula is C17H17NO4. The van der Waals surface area contributed by atoms with Crippen LogP contribution in [0.5, 0.6) is 11.5 Å². The van der Waals surface area contributed by atoms with Crippen LogP contribution in [0, 0.1) is 0 Å². The first-order valence-corrected chi connectivity index (χ1v) is 7.92. The average Bonchev–Trinajstić information content (AvgIpc) is 3.14. The first-order valence-electron chi connectivity index (χ1n) is 7.92. The van der Waals surface area contributed by atoms with Gasteiger partial charge >= 0.3 is 0 Å². The minimum Gasteiger partial charge on any atom is -0.454 e. The molecule has 5 nitrogen and oxygen atoms in total.